The molecular formula is C28H18ClN5O2S. The molecule has 0 aliphatic heterocycles. The van der Waals surface area contributed by atoms with Crippen molar-refractivity contribution in [3.05, 3.63) is 121 Å². The summed E-state index contributed by atoms with van der Waals surface area (Å²) in [7, 11) is 0. The Morgan fingerprint density at radius 3 is 2.24 bits per heavy atom. The van der Waals surface area contributed by atoms with Crippen LogP contribution in [0, 0.1) is 11.3 Å². The van der Waals surface area contributed by atoms with Gasteiger partial charge in [-0.1, -0.05) is 60.1 Å². The number of primary amides is 1. The van der Waals surface area contributed by atoms with Crippen molar-refractivity contribution in [1.82, 2.24) is 14.3 Å². The number of hydrogen-bond acceptors (Lipinski definition) is 5. The average molecular weight is 524 g/mol. The lowest BCUT2D eigenvalue weighted by atomic mass is 10.1. The first-order valence-corrected chi connectivity index (χ1v) is 12.3. The summed E-state index contributed by atoms with van der Waals surface area (Å²) in [5, 5.41) is 14.9. The van der Waals surface area contributed by atoms with Crippen LogP contribution in [0.4, 0.5) is 0 Å². The predicted octanol–water partition coefficient (Wildman–Crippen LogP) is 3.39. The molecule has 5 aromatic rings. The summed E-state index contributed by atoms with van der Waals surface area (Å²) in [6.45, 7) is 0. The maximum absolute atomic E-state index is 13.7. The lowest BCUT2D eigenvalue weighted by Gasteiger charge is -2.02. The van der Waals surface area contributed by atoms with E-state index < -0.39 is 11.5 Å². The topological polar surface area (TPSA) is 107 Å². The van der Waals surface area contributed by atoms with Crippen molar-refractivity contribution < 1.29 is 4.79 Å². The van der Waals surface area contributed by atoms with Gasteiger partial charge in [-0.3, -0.25) is 14.2 Å². The summed E-state index contributed by atoms with van der Waals surface area (Å²) < 4.78 is 3.50. The number of benzene rings is 3. The molecule has 1 amide bonds. The van der Waals surface area contributed by atoms with Crippen LogP contribution in [-0.4, -0.2) is 20.3 Å². The molecule has 0 fully saturated rings. The molecule has 0 atom stereocenters. The van der Waals surface area contributed by atoms with Crippen LogP contribution in [-0.2, 0) is 4.79 Å². The van der Waals surface area contributed by atoms with Crippen LogP contribution in [0.1, 0.15) is 5.56 Å². The number of halogens is 1. The number of rotatable bonds is 5. The second-order valence-electron chi connectivity index (χ2n) is 7.96. The fraction of sp³-hybridized carbons (Fsp3) is 0. The number of thiazole rings is 1. The van der Waals surface area contributed by atoms with E-state index in [0.29, 0.717) is 26.5 Å². The van der Waals surface area contributed by atoms with Gasteiger partial charge in [-0.2, -0.15) is 10.4 Å². The maximum atomic E-state index is 13.7. The van der Waals surface area contributed by atoms with E-state index in [1.165, 1.54) is 4.57 Å². The summed E-state index contributed by atoms with van der Waals surface area (Å²) in [5.41, 5.74) is 8.34. The standard InChI is InChI=1S/C28H18ClN5O2S/c29-20-11-13-22(14-12-20)34-27(36)24(37-28(34)23(16-30)26(31)35)15-19-17-33(21-9-5-2-6-10-21)32-25(19)18-7-3-1-4-8-18/h1-15,17H,(H2,31,35)/b24-15-,28-23-. The zero-order valence-corrected chi connectivity index (χ0v) is 20.8. The zero-order valence-electron chi connectivity index (χ0n) is 19.2. The number of aromatic nitrogens is 3. The van der Waals surface area contributed by atoms with E-state index >= 15 is 0 Å². The van der Waals surface area contributed by atoms with Crippen LogP contribution in [0.5, 0.6) is 0 Å². The van der Waals surface area contributed by atoms with Gasteiger partial charge in [0, 0.05) is 22.3 Å². The third kappa shape index (κ3) is 4.74. The minimum absolute atomic E-state index is 0.144. The molecule has 7 nitrogen and oxygen atoms in total. The number of para-hydroxylation sites is 1. The van der Waals surface area contributed by atoms with Gasteiger partial charge in [-0.05, 0) is 42.5 Å². The van der Waals surface area contributed by atoms with Gasteiger partial charge in [0.05, 0.1) is 21.6 Å². The Hall–Kier alpha value is -4.71. The molecule has 2 N–H and O–H groups in total. The molecule has 0 aliphatic rings. The normalized spacial score (nSPS) is 12.3. The fourth-order valence-corrected chi connectivity index (χ4v) is 5.08. The Kier molecular flexibility index (Phi) is 6.56. The van der Waals surface area contributed by atoms with Crippen molar-refractivity contribution in [1.29, 1.82) is 5.26 Å². The molecule has 0 unspecified atom stereocenters. The van der Waals surface area contributed by atoms with Crippen LogP contribution in [0.25, 0.3) is 34.3 Å². The van der Waals surface area contributed by atoms with Crippen LogP contribution >= 0.6 is 22.9 Å². The van der Waals surface area contributed by atoms with E-state index in [0.717, 1.165) is 22.6 Å². The van der Waals surface area contributed by atoms with Gasteiger partial charge < -0.3 is 5.73 Å². The van der Waals surface area contributed by atoms with Gasteiger partial charge in [-0.15, -0.1) is 11.3 Å². The molecule has 2 heterocycles. The molecule has 0 bridgehead atoms. The molecule has 0 radical (unpaired) electrons. The number of nitrogens with zero attached hydrogens (tertiary/aromatic N) is 4. The summed E-state index contributed by atoms with van der Waals surface area (Å²) in [4.78, 5) is 25.7. The number of carbonyl (C=O) groups excluding carboxylic acids is 1. The maximum Gasteiger partial charge on any atom is 0.273 e. The highest BCUT2D eigenvalue weighted by Crippen LogP contribution is 2.24. The van der Waals surface area contributed by atoms with E-state index in [1.807, 2.05) is 72.9 Å². The van der Waals surface area contributed by atoms with Crippen molar-refractivity contribution in [3.63, 3.8) is 0 Å². The first-order chi connectivity index (χ1) is 18.0. The fourth-order valence-electron chi connectivity index (χ4n) is 3.85. The van der Waals surface area contributed by atoms with Crippen LogP contribution in [0.3, 0.4) is 0 Å². The number of carbonyl (C=O) groups is 1. The molecule has 180 valence electrons. The van der Waals surface area contributed by atoms with Crippen molar-refractivity contribution >= 4 is 40.5 Å². The first-order valence-electron chi connectivity index (χ1n) is 11.1. The Bertz CT molecular complexity index is 1830. The lowest BCUT2D eigenvalue weighted by Crippen LogP contribution is -2.32. The van der Waals surface area contributed by atoms with Crippen molar-refractivity contribution in [2.75, 3.05) is 0 Å². The summed E-state index contributed by atoms with van der Waals surface area (Å²) >= 11 is 7.04. The average Bonchev–Trinajstić information content (AvgIpc) is 3.47. The van der Waals surface area contributed by atoms with E-state index in [-0.39, 0.29) is 10.2 Å². The van der Waals surface area contributed by atoms with E-state index in [1.54, 1.807) is 35.0 Å². The predicted molar refractivity (Wildman–Crippen MR) is 145 cm³/mol. The highest BCUT2D eigenvalue weighted by atomic mass is 35.5. The molecule has 3 aromatic carbocycles. The summed E-state index contributed by atoms with van der Waals surface area (Å²) in [6.07, 6.45) is 3.56. The smallest absolute Gasteiger partial charge is 0.273 e. The van der Waals surface area contributed by atoms with Gasteiger partial charge in [-0.25, -0.2) is 4.68 Å². The monoisotopic (exact) mass is 523 g/mol. The third-order valence-electron chi connectivity index (χ3n) is 5.58. The van der Waals surface area contributed by atoms with Crippen LogP contribution < -0.4 is 20.5 Å². The van der Waals surface area contributed by atoms with Gasteiger partial charge in [0.15, 0.2) is 5.57 Å². The Morgan fingerprint density at radius 1 is 0.973 bits per heavy atom. The summed E-state index contributed by atoms with van der Waals surface area (Å²) in [6, 6.07) is 27.6. The van der Waals surface area contributed by atoms with Crippen molar-refractivity contribution in [3.8, 4) is 28.7 Å². The molecule has 0 saturated heterocycles. The molecule has 0 spiro atoms. The third-order valence-corrected chi connectivity index (χ3v) is 6.92. The highest BCUT2D eigenvalue weighted by Gasteiger charge is 2.16. The number of nitrogens with two attached hydrogens (primary N) is 1. The molecular weight excluding hydrogens is 506 g/mol. The molecule has 9 heteroatoms. The van der Waals surface area contributed by atoms with E-state index in [9.17, 15) is 14.9 Å². The molecule has 5 rings (SSSR count). The SMILES string of the molecule is N#C/C(C(N)=O)=c1/s/c(=C\c2cn(-c3ccccc3)nc2-c2ccccc2)c(=O)n1-c1ccc(Cl)cc1. The van der Waals surface area contributed by atoms with Crippen LogP contribution in [0.2, 0.25) is 5.02 Å². The van der Waals surface area contributed by atoms with E-state index in [2.05, 4.69) is 0 Å². The number of hydrogen-bond donors (Lipinski definition) is 1. The summed E-state index contributed by atoms with van der Waals surface area (Å²) in [5.74, 6) is -0.917. The second kappa shape index (κ2) is 10.1. The molecule has 0 aliphatic carbocycles. The second-order valence-corrected chi connectivity index (χ2v) is 9.43. The Labute approximate surface area is 220 Å². The van der Waals surface area contributed by atoms with Crippen LogP contribution in [0.15, 0.2) is 95.9 Å². The number of amides is 1. The largest absolute Gasteiger partial charge is 0.365 e. The van der Waals surface area contributed by atoms with Gasteiger partial charge in [0.1, 0.15) is 10.7 Å². The molecule has 0 saturated carbocycles. The Morgan fingerprint density at radius 2 is 1.62 bits per heavy atom. The van der Waals surface area contributed by atoms with Gasteiger partial charge >= 0.3 is 0 Å². The molecule has 2 aromatic heterocycles. The zero-order chi connectivity index (χ0) is 25.9. The van der Waals surface area contributed by atoms with Gasteiger partial charge in [0.2, 0.25) is 0 Å². The van der Waals surface area contributed by atoms with E-state index in [4.69, 9.17) is 22.4 Å². The first kappa shape index (κ1) is 24.0. The van der Waals surface area contributed by atoms with Crippen molar-refractivity contribution in [2.24, 2.45) is 5.73 Å². The number of nitriles is 1. The lowest BCUT2D eigenvalue weighted by molar-refractivity contribution is -0.112. The minimum Gasteiger partial charge on any atom is -0.365 e. The quantitative estimate of drug-likeness (QED) is 0.381. The van der Waals surface area contributed by atoms with Gasteiger partial charge in [0.25, 0.3) is 11.5 Å². The van der Waals surface area contributed by atoms with Crippen molar-refractivity contribution in [2.45, 2.75) is 0 Å². The highest BCUT2D eigenvalue weighted by molar-refractivity contribution is 7.07. The minimum atomic E-state index is -0.917. The Balaban J connectivity index is 1.81. The molecule has 37 heavy (non-hydrogen) atoms.